The number of carbonyl (C=O) groups is 3. The van der Waals surface area contributed by atoms with Crippen LogP contribution in [-0.2, 0) is 19.2 Å². The molecule has 1 saturated heterocycles. The maximum Gasteiger partial charge on any atom is 0.352 e. The number of amides is 2. The minimum Gasteiger partial charge on any atom is -0.477 e. The highest BCUT2D eigenvalue weighted by molar-refractivity contribution is 8.00. The summed E-state index contributed by atoms with van der Waals surface area (Å²) in [6.07, 6.45) is 3.39. The number of hydrogen-bond acceptors (Lipinski definition) is 9. The van der Waals surface area contributed by atoms with E-state index in [2.05, 4.69) is 15.5 Å². The molecular weight excluding hydrogens is 406 g/mol. The van der Waals surface area contributed by atoms with E-state index in [9.17, 15) is 19.5 Å². The van der Waals surface area contributed by atoms with Gasteiger partial charge in [0.2, 0.25) is 0 Å². The van der Waals surface area contributed by atoms with Gasteiger partial charge in [-0.15, -0.1) is 23.1 Å². The smallest absolute Gasteiger partial charge is 0.352 e. The molecule has 2 aliphatic rings. The van der Waals surface area contributed by atoms with E-state index in [4.69, 9.17) is 10.6 Å². The Morgan fingerprint density at radius 2 is 2.29 bits per heavy atom. The van der Waals surface area contributed by atoms with Gasteiger partial charge in [-0.3, -0.25) is 14.5 Å². The molecule has 3 heterocycles. The summed E-state index contributed by atoms with van der Waals surface area (Å²) in [5, 5.41) is 17.1. The molecule has 28 heavy (non-hydrogen) atoms. The lowest BCUT2D eigenvalue weighted by Crippen LogP contribution is -2.71. The largest absolute Gasteiger partial charge is 0.477 e. The number of carbonyl (C=O) groups excluding carboxylic acids is 2. The molecule has 1 fully saturated rings. The molecule has 0 spiro atoms. The molecular formula is C16H17N5O5S2. The molecule has 1 aromatic heterocycles. The fraction of sp³-hybridized carbons (Fsp3) is 0.312. The lowest BCUT2D eigenvalue weighted by atomic mass is 10.0. The van der Waals surface area contributed by atoms with Gasteiger partial charge in [-0.25, -0.2) is 9.78 Å². The summed E-state index contributed by atoms with van der Waals surface area (Å²) in [4.78, 5) is 46.8. The molecule has 1 aromatic rings. The van der Waals surface area contributed by atoms with Crippen molar-refractivity contribution in [3.8, 4) is 0 Å². The Labute approximate surface area is 168 Å². The normalized spacial score (nSPS) is 22.1. The van der Waals surface area contributed by atoms with E-state index in [1.165, 1.54) is 23.8 Å². The second-order valence-electron chi connectivity index (χ2n) is 5.73. The van der Waals surface area contributed by atoms with Crippen LogP contribution in [0.5, 0.6) is 0 Å². The zero-order valence-electron chi connectivity index (χ0n) is 14.9. The number of carboxylic acids is 1. The predicted molar refractivity (Wildman–Crippen MR) is 105 cm³/mol. The number of hydrogen-bond donors (Lipinski definition) is 3. The van der Waals surface area contributed by atoms with E-state index in [1.807, 2.05) is 0 Å². The molecule has 10 nitrogen and oxygen atoms in total. The van der Waals surface area contributed by atoms with Gasteiger partial charge >= 0.3 is 5.97 Å². The fourth-order valence-electron chi connectivity index (χ4n) is 2.87. The van der Waals surface area contributed by atoms with Gasteiger partial charge in [-0.1, -0.05) is 17.3 Å². The monoisotopic (exact) mass is 423 g/mol. The van der Waals surface area contributed by atoms with Gasteiger partial charge in [0, 0.05) is 11.1 Å². The number of nitrogen functional groups attached to an aromatic ring is 1. The topological polar surface area (TPSA) is 147 Å². The number of thiazole rings is 1. The second-order valence-corrected chi connectivity index (χ2v) is 7.73. The van der Waals surface area contributed by atoms with Crippen molar-refractivity contribution in [1.82, 2.24) is 15.2 Å². The van der Waals surface area contributed by atoms with E-state index in [1.54, 1.807) is 24.5 Å². The van der Waals surface area contributed by atoms with Crippen LogP contribution in [0, 0.1) is 0 Å². The number of β-lactam (4-membered cyclic amide) rings is 1. The standard InChI is InChI=1S/C16H17N5O5S2/c1-3-4-7-5-27-14-10(13(23)21(14)11(7)15(24)25)19-12(22)9(20-26-2)8-6-28-16(17)18-8/h3-4,6,10,14H,5H2,1-2H3,(H2,17,18)(H,19,22)(H,24,25)/b4-3-,20-9-/t10-,14-/m1/s1. The Hall–Kier alpha value is -2.86. The summed E-state index contributed by atoms with van der Waals surface area (Å²) in [5.41, 5.74) is 6.19. The third-order valence-corrected chi connectivity index (χ3v) is 5.99. The highest BCUT2D eigenvalue weighted by Crippen LogP contribution is 2.40. The summed E-state index contributed by atoms with van der Waals surface area (Å²) in [5.74, 6) is -1.93. The minimum atomic E-state index is -1.18. The number of thioether (sulfide) groups is 1. The van der Waals surface area contributed by atoms with Crippen molar-refractivity contribution < 1.29 is 24.3 Å². The first kappa shape index (κ1) is 19.9. The van der Waals surface area contributed by atoms with Gasteiger partial charge < -0.3 is 21.0 Å². The van der Waals surface area contributed by atoms with E-state index in [-0.39, 0.29) is 22.2 Å². The Balaban J connectivity index is 1.80. The number of anilines is 1. The first-order chi connectivity index (χ1) is 13.4. The number of nitrogens with one attached hydrogen (secondary N) is 1. The van der Waals surface area contributed by atoms with Crippen LogP contribution in [0.15, 0.2) is 34.0 Å². The number of nitrogens with zero attached hydrogens (tertiary/aromatic N) is 3. The lowest BCUT2D eigenvalue weighted by molar-refractivity contribution is -0.150. The first-order valence-corrected chi connectivity index (χ1v) is 9.99. The van der Waals surface area contributed by atoms with Crippen molar-refractivity contribution in [3.05, 3.63) is 34.5 Å². The molecule has 3 rings (SSSR count). The molecule has 0 aromatic carbocycles. The summed E-state index contributed by atoms with van der Waals surface area (Å²) < 4.78 is 0. The molecule has 0 radical (unpaired) electrons. The molecule has 2 amide bonds. The van der Waals surface area contributed by atoms with Crippen molar-refractivity contribution in [1.29, 1.82) is 0 Å². The van der Waals surface area contributed by atoms with Crippen molar-refractivity contribution in [2.75, 3.05) is 18.6 Å². The number of carboxylic acid groups (broad SMARTS) is 1. The Morgan fingerprint density at radius 1 is 1.54 bits per heavy atom. The molecule has 12 heteroatoms. The summed E-state index contributed by atoms with van der Waals surface area (Å²) >= 11 is 2.51. The van der Waals surface area contributed by atoms with Gasteiger partial charge in [0.1, 0.15) is 29.9 Å². The van der Waals surface area contributed by atoms with Crippen molar-refractivity contribution >= 4 is 51.7 Å². The average molecular weight is 423 g/mol. The molecule has 2 atom stereocenters. The third-order valence-electron chi connectivity index (χ3n) is 4.02. The lowest BCUT2D eigenvalue weighted by Gasteiger charge is -2.49. The van der Waals surface area contributed by atoms with Crippen LogP contribution in [0.2, 0.25) is 0 Å². The summed E-state index contributed by atoms with van der Waals surface area (Å²) in [6, 6.07) is -0.878. The maximum absolute atomic E-state index is 12.6. The van der Waals surface area contributed by atoms with Gasteiger partial charge in [0.25, 0.3) is 11.8 Å². The highest BCUT2D eigenvalue weighted by Gasteiger charge is 2.54. The molecule has 2 aliphatic heterocycles. The second kappa shape index (κ2) is 8.02. The molecule has 0 bridgehead atoms. The Kier molecular flexibility index (Phi) is 5.70. The van der Waals surface area contributed by atoms with Gasteiger partial charge in [0.05, 0.1) is 0 Å². The molecule has 0 saturated carbocycles. The molecule has 148 valence electrons. The van der Waals surface area contributed by atoms with Crippen LogP contribution < -0.4 is 11.1 Å². The zero-order chi connectivity index (χ0) is 20.4. The van der Waals surface area contributed by atoms with Gasteiger partial charge in [-0.2, -0.15) is 0 Å². The molecule has 0 unspecified atom stereocenters. The fourth-order valence-corrected chi connectivity index (χ4v) is 4.74. The van der Waals surface area contributed by atoms with Crippen LogP contribution in [0.25, 0.3) is 0 Å². The minimum absolute atomic E-state index is 0.0598. The molecule has 4 N–H and O–H groups in total. The average Bonchev–Trinajstić information content (AvgIpc) is 3.09. The van der Waals surface area contributed by atoms with Crippen molar-refractivity contribution in [2.45, 2.75) is 18.3 Å². The quantitative estimate of drug-likeness (QED) is 0.338. The number of nitrogens with two attached hydrogens (primary N) is 1. The summed E-state index contributed by atoms with van der Waals surface area (Å²) in [7, 11) is 1.28. The summed E-state index contributed by atoms with van der Waals surface area (Å²) in [6.45, 7) is 1.77. The highest BCUT2D eigenvalue weighted by atomic mass is 32.2. The zero-order valence-corrected chi connectivity index (χ0v) is 16.5. The Bertz CT molecular complexity index is 922. The number of fused-ring (bicyclic) bond motifs is 1. The van der Waals surface area contributed by atoms with Crippen LogP contribution in [-0.4, -0.2) is 62.8 Å². The first-order valence-electron chi connectivity index (χ1n) is 8.06. The van der Waals surface area contributed by atoms with Crippen LogP contribution >= 0.6 is 23.1 Å². The van der Waals surface area contributed by atoms with E-state index < -0.39 is 29.2 Å². The van der Waals surface area contributed by atoms with E-state index in [0.29, 0.717) is 11.3 Å². The SMILES string of the molecule is C/C=C\C1=C(C(=O)O)N2C(=O)[C@@H](NC(=O)/C(=N\OC)c3csc(N)n3)[C@H]2SC1. The van der Waals surface area contributed by atoms with Crippen LogP contribution in [0.3, 0.4) is 0 Å². The van der Waals surface area contributed by atoms with Crippen molar-refractivity contribution in [2.24, 2.45) is 5.16 Å². The third kappa shape index (κ3) is 3.47. The van der Waals surface area contributed by atoms with E-state index >= 15 is 0 Å². The van der Waals surface area contributed by atoms with E-state index in [0.717, 1.165) is 11.3 Å². The van der Waals surface area contributed by atoms with Crippen LogP contribution in [0.1, 0.15) is 12.6 Å². The number of oxime groups is 1. The van der Waals surface area contributed by atoms with Gasteiger partial charge in [0.15, 0.2) is 10.8 Å². The molecule has 0 aliphatic carbocycles. The Morgan fingerprint density at radius 3 is 2.86 bits per heavy atom. The predicted octanol–water partition coefficient (Wildman–Crippen LogP) is 0.391. The van der Waals surface area contributed by atoms with Gasteiger partial charge in [-0.05, 0) is 12.5 Å². The number of allylic oxidation sites excluding steroid dienone is 2. The van der Waals surface area contributed by atoms with Crippen molar-refractivity contribution in [3.63, 3.8) is 0 Å². The maximum atomic E-state index is 12.6. The van der Waals surface area contributed by atoms with Crippen LogP contribution in [0.4, 0.5) is 5.13 Å². The number of aromatic nitrogens is 1. The number of aliphatic carboxylic acids is 1. The number of rotatable bonds is 6.